The number of anilines is 1. The highest BCUT2D eigenvalue weighted by Gasteiger charge is 2.50. The number of aliphatic hydroxyl groups excluding tert-OH is 1. The van der Waals surface area contributed by atoms with E-state index < -0.39 is 29.8 Å². The summed E-state index contributed by atoms with van der Waals surface area (Å²) in [6.45, 7) is 15.9. The van der Waals surface area contributed by atoms with E-state index in [4.69, 9.17) is 4.74 Å². The van der Waals surface area contributed by atoms with Crippen LogP contribution in [-0.2, 0) is 43.4 Å². The number of hydrogen-bond acceptors (Lipinski definition) is 6. The highest BCUT2D eigenvalue weighted by molar-refractivity contribution is 5.98. The van der Waals surface area contributed by atoms with Crippen LogP contribution in [0.2, 0.25) is 0 Å². The van der Waals surface area contributed by atoms with Gasteiger partial charge in [0, 0.05) is 44.5 Å². The average Bonchev–Trinajstić information content (AvgIpc) is 3.69. The topological polar surface area (TPSA) is 146 Å². The quantitative estimate of drug-likeness (QED) is 0.0473. The fourth-order valence-electron chi connectivity index (χ4n) is 12.4. The summed E-state index contributed by atoms with van der Waals surface area (Å²) in [7, 11) is 0. The zero-order chi connectivity index (χ0) is 50.1. The maximum Gasteiger partial charge on any atom is 0.247 e. The lowest BCUT2D eigenvalue weighted by molar-refractivity contribution is -0.131. The zero-order valence-electron chi connectivity index (χ0n) is 43.4. The molecule has 0 bridgehead atoms. The number of rotatable bonds is 23. The Kier molecular flexibility index (Phi) is 20.7. The summed E-state index contributed by atoms with van der Waals surface area (Å²) >= 11 is 0. The van der Waals surface area contributed by atoms with Crippen molar-refractivity contribution >= 4 is 29.3 Å². The number of ether oxygens (including phenoxy) is 1. The van der Waals surface area contributed by atoms with Gasteiger partial charge in [0.1, 0.15) is 12.1 Å². The summed E-state index contributed by atoms with van der Waals surface area (Å²) in [4.78, 5) is 54.0. The first-order valence-corrected chi connectivity index (χ1v) is 26.9. The molecule has 10 heteroatoms. The SMILES string of the molecule is CC(C)CCC[C@@H](C)[C@H]1CC[C@H]2[C@@H](C)C/C=C3/C[C@@H](OCCCNC(=O)CCC(=O)N[C@@H](Cc4ccccc4)C(=O)N[C@@H](Cc4ccccc4)C(=O)Nc4ccc(CO)cc4)CC[C@]3(C)CCC[C@]12C. The highest BCUT2D eigenvalue weighted by Crippen LogP contribution is 2.59. The minimum atomic E-state index is -0.993. The Bertz CT molecular complexity index is 2140. The molecule has 4 amide bonds. The van der Waals surface area contributed by atoms with Gasteiger partial charge in [-0.1, -0.05) is 152 Å². The third-order valence-electron chi connectivity index (χ3n) is 16.5. The second kappa shape index (κ2) is 26.6. The molecule has 5 N–H and O–H groups in total. The van der Waals surface area contributed by atoms with E-state index in [-0.39, 0.29) is 49.7 Å². The van der Waals surface area contributed by atoms with Crippen LogP contribution in [0.1, 0.15) is 155 Å². The first-order chi connectivity index (χ1) is 33.6. The lowest BCUT2D eigenvalue weighted by Crippen LogP contribution is -2.54. The molecule has 2 saturated carbocycles. The molecule has 10 nitrogen and oxygen atoms in total. The molecule has 0 saturated heterocycles. The van der Waals surface area contributed by atoms with Gasteiger partial charge in [0.05, 0.1) is 12.7 Å². The van der Waals surface area contributed by atoms with Crippen LogP contribution >= 0.6 is 0 Å². The third-order valence-corrected chi connectivity index (χ3v) is 16.5. The van der Waals surface area contributed by atoms with Crippen molar-refractivity contribution in [3.63, 3.8) is 0 Å². The number of allylic oxidation sites excluding steroid dienone is 1. The Hall–Kier alpha value is -4.80. The molecular formula is C60H86N4O6. The van der Waals surface area contributed by atoms with Crippen LogP contribution in [0.15, 0.2) is 96.6 Å². The van der Waals surface area contributed by atoms with Crippen LogP contribution in [0.4, 0.5) is 5.69 Å². The van der Waals surface area contributed by atoms with Gasteiger partial charge in [-0.25, -0.2) is 0 Å². The lowest BCUT2D eigenvalue weighted by atomic mass is 9.60. The second-order valence-electron chi connectivity index (χ2n) is 22.3. The van der Waals surface area contributed by atoms with Crippen LogP contribution in [0.25, 0.3) is 0 Å². The molecule has 0 unspecified atom stereocenters. The van der Waals surface area contributed by atoms with Crippen molar-refractivity contribution in [1.29, 1.82) is 0 Å². The fraction of sp³-hybridized carbons (Fsp3) is 0.600. The number of hydrogen-bond donors (Lipinski definition) is 5. The summed E-state index contributed by atoms with van der Waals surface area (Å²) in [6.07, 6.45) is 19.0. The van der Waals surface area contributed by atoms with Crippen LogP contribution < -0.4 is 21.3 Å². The van der Waals surface area contributed by atoms with Crippen molar-refractivity contribution in [2.24, 2.45) is 40.4 Å². The van der Waals surface area contributed by atoms with Gasteiger partial charge >= 0.3 is 0 Å². The van der Waals surface area contributed by atoms with Gasteiger partial charge in [0.15, 0.2) is 0 Å². The van der Waals surface area contributed by atoms with Gasteiger partial charge in [-0.05, 0) is 127 Å². The van der Waals surface area contributed by atoms with Crippen LogP contribution in [0.3, 0.4) is 0 Å². The summed E-state index contributed by atoms with van der Waals surface area (Å²) in [5.41, 5.74) is 5.20. The van der Waals surface area contributed by atoms with E-state index in [2.05, 4.69) is 68.9 Å². The minimum Gasteiger partial charge on any atom is -0.392 e. The smallest absolute Gasteiger partial charge is 0.247 e. The largest absolute Gasteiger partial charge is 0.392 e. The van der Waals surface area contributed by atoms with Crippen LogP contribution in [-0.4, -0.2) is 60.1 Å². The van der Waals surface area contributed by atoms with E-state index in [0.717, 1.165) is 60.5 Å². The normalized spacial score (nSPS) is 25.5. The van der Waals surface area contributed by atoms with Gasteiger partial charge in [0.2, 0.25) is 23.6 Å². The molecule has 3 aliphatic carbocycles. The van der Waals surface area contributed by atoms with Crippen molar-refractivity contribution in [2.45, 2.75) is 175 Å². The molecule has 3 aliphatic rings. The van der Waals surface area contributed by atoms with Crippen LogP contribution in [0, 0.1) is 40.4 Å². The van der Waals surface area contributed by atoms with Crippen LogP contribution in [0.5, 0.6) is 0 Å². The first-order valence-electron chi connectivity index (χ1n) is 26.9. The van der Waals surface area contributed by atoms with E-state index in [1.165, 1.54) is 51.4 Å². The van der Waals surface area contributed by atoms with Gasteiger partial charge in [-0.3, -0.25) is 19.2 Å². The summed E-state index contributed by atoms with van der Waals surface area (Å²) < 4.78 is 6.49. The third kappa shape index (κ3) is 15.9. The van der Waals surface area contributed by atoms with Crippen molar-refractivity contribution in [1.82, 2.24) is 16.0 Å². The molecule has 70 heavy (non-hydrogen) atoms. The van der Waals surface area contributed by atoms with Crippen molar-refractivity contribution in [3.8, 4) is 0 Å². The standard InChI is InChI=1S/C60H86N4O6/c1-42(2)16-13-17-43(3)51-28-29-52-44(4)22-25-48-40-50(32-35-59(48,5)33-14-34-60(51,52)6)70-37-15-36-61-55(66)30-31-56(67)63-53(38-45-18-9-7-10-19-45)58(69)64-54(39-46-20-11-8-12-21-46)57(68)62-49-26-23-47(41-65)24-27-49/h7-12,18-21,23-27,42-44,50-54,65H,13-17,22,28-41H2,1-6H3,(H,61,66)(H,62,68)(H,63,67)(H,64,69)/b48-25-/t43-,44+,50+,51-,52+,53+,54+,59+,60-/m1/s1. The Balaban J connectivity index is 0.954. The fourth-order valence-corrected chi connectivity index (χ4v) is 12.4. The predicted octanol–water partition coefficient (Wildman–Crippen LogP) is 11.1. The molecule has 0 aliphatic heterocycles. The first kappa shape index (κ1) is 54.5. The average molecular weight is 959 g/mol. The maximum atomic E-state index is 14.0. The van der Waals surface area contributed by atoms with E-state index in [1.807, 2.05) is 60.7 Å². The molecular weight excluding hydrogens is 873 g/mol. The van der Waals surface area contributed by atoms with Crippen molar-refractivity contribution < 1.29 is 29.0 Å². The number of nitrogens with one attached hydrogen (secondary N) is 4. The molecule has 0 radical (unpaired) electrons. The highest BCUT2D eigenvalue weighted by atomic mass is 16.5. The molecule has 2 fully saturated rings. The van der Waals surface area contributed by atoms with Gasteiger partial charge in [0.25, 0.3) is 0 Å². The molecule has 9 atom stereocenters. The van der Waals surface area contributed by atoms with Gasteiger partial charge in [-0.2, -0.15) is 0 Å². The van der Waals surface area contributed by atoms with Gasteiger partial charge < -0.3 is 31.1 Å². The molecule has 3 aromatic carbocycles. The predicted molar refractivity (Wildman–Crippen MR) is 282 cm³/mol. The summed E-state index contributed by atoms with van der Waals surface area (Å²) in [6, 6.07) is 23.7. The van der Waals surface area contributed by atoms with E-state index in [1.54, 1.807) is 29.8 Å². The Labute approximate surface area is 420 Å². The van der Waals surface area contributed by atoms with Crippen molar-refractivity contribution in [2.75, 3.05) is 18.5 Å². The molecule has 6 rings (SSSR count). The Morgan fingerprint density at radius 1 is 0.729 bits per heavy atom. The van der Waals surface area contributed by atoms with Crippen molar-refractivity contribution in [3.05, 3.63) is 113 Å². The number of carbonyl (C=O) groups excluding carboxylic acids is 4. The number of amides is 4. The number of carbonyl (C=O) groups is 4. The van der Waals surface area contributed by atoms with Gasteiger partial charge in [-0.15, -0.1) is 0 Å². The molecule has 0 spiro atoms. The summed E-state index contributed by atoms with van der Waals surface area (Å²) in [5.74, 6) is 2.33. The summed E-state index contributed by atoms with van der Waals surface area (Å²) in [5, 5.41) is 21.1. The maximum absolute atomic E-state index is 14.0. The van der Waals surface area contributed by atoms with E-state index >= 15 is 0 Å². The number of aliphatic hydroxyl groups is 1. The molecule has 0 heterocycles. The Morgan fingerprint density at radius 2 is 1.39 bits per heavy atom. The van der Waals surface area contributed by atoms with E-state index in [0.29, 0.717) is 42.2 Å². The second-order valence-corrected chi connectivity index (χ2v) is 22.3. The van der Waals surface area contributed by atoms with E-state index in [9.17, 15) is 24.3 Å². The Morgan fingerprint density at radius 3 is 2.04 bits per heavy atom. The number of fused-ring (bicyclic) bond motifs is 2. The number of benzene rings is 3. The zero-order valence-corrected chi connectivity index (χ0v) is 43.4. The monoisotopic (exact) mass is 959 g/mol. The molecule has 3 aromatic rings. The molecule has 382 valence electrons. The minimum absolute atomic E-state index is 0.0216. The lowest BCUT2D eigenvalue weighted by Gasteiger charge is -2.46. The molecule has 0 aromatic heterocycles.